The van der Waals surface area contributed by atoms with Crippen LogP contribution in [0.3, 0.4) is 0 Å². The second kappa shape index (κ2) is 3.87. The molecule has 1 heterocycles. The highest BCUT2D eigenvalue weighted by Gasteiger charge is 2.24. The Bertz CT molecular complexity index is 342. The van der Waals surface area contributed by atoms with Gasteiger partial charge in [-0.05, 0) is 19.1 Å². The molecule has 0 fully saturated rings. The molecule has 1 unspecified atom stereocenters. The van der Waals surface area contributed by atoms with Crippen LogP contribution >= 0.6 is 7.60 Å². The van der Waals surface area contributed by atoms with Gasteiger partial charge in [0.15, 0.2) is 0 Å². The van der Waals surface area contributed by atoms with Gasteiger partial charge in [-0.15, -0.1) is 0 Å². The van der Waals surface area contributed by atoms with E-state index in [0.29, 0.717) is 0 Å². The van der Waals surface area contributed by atoms with Gasteiger partial charge < -0.3 is 15.2 Å². The first-order chi connectivity index (χ1) is 6.08. The van der Waals surface area contributed by atoms with Crippen molar-refractivity contribution < 1.29 is 14.0 Å². The fourth-order valence-electron chi connectivity index (χ4n) is 0.893. The summed E-state index contributed by atoms with van der Waals surface area (Å²) in [4.78, 5) is 13.1. The fourth-order valence-corrected chi connectivity index (χ4v) is 2.00. The van der Waals surface area contributed by atoms with E-state index in [1.165, 1.54) is 18.3 Å². The van der Waals surface area contributed by atoms with E-state index in [1.54, 1.807) is 6.92 Å². The van der Waals surface area contributed by atoms with Gasteiger partial charge in [0, 0.05) is 6.20 Å². The van der Waals surface area contributed by atoms with E-state index in [0.717, 1.165) is 0 Å². The summed E-state index contributed by atoms with van der Waals surface area (Å²) in [5, 5.41) is 0.0526. The summed E-state index contributed by atoms with van der Waals surface area (Å²) in [6.45, 7) is 1.79. The van der Waals surface area contributed by atoms with Crippen molar-refractivity contribution in [1.82, 2.24) is 4.98 Å². The van der Waals surface area contributed by atoms with Gasteiger partial charge >= 0.3 is 7.60 Å². The molecule has 0 aliphatic heterocycles. The van der Waals surface area contributed by atoms with Crippen LogP contribution in [0.4, 0.5) is 5.82 Å². The standard InChI is InChI=1S/C7H11N2O3P/c1-2-12-13(10,11)6-4-3-5-9-7(6)8/h3-5H,2H2,1H3,(H2,8,9)(H,10,11). The fraction of sp³-hybridized carbons (Fsp3) is 0.286. The van der Waals surface area contributed by atoms with Gasteiger partial charge in [0.25, 0.3) is 0 Å². The number of nitrogens with zero attached hydrogens (tertiary/aromatic N) is 1. The molecule has 13 heavy (non-hydrogen) atoms. The predicted molar refractivity (Wildman–Crippen MR) is 49.7 cm³/mol. The maximum atomic E-state index is 11.4. The monoisotopic (exact) mass is 202 g/mol. The van der Waals surface area contributed by atoms with Crippen molar-refractivity contribution in [1.29, 1.82) is 0 Å². The molecule has 1 atom stereocenters. The van der Waals surface area contributed by atoms with Crippen molar-refractivity contribution in [2.45, 2.75) is 6.92 Å². The van der Waals surface area contributed by atoms with Gasteiger partial charge in [-0.3, -0.25) is 4.57 Å². The Balaban J connectivity index is 3.07. The van der Waals surface area contributed by atoms with E-state index in [1.807, 2.05) is 0 Å². The van der Waals surface area contributed by atoms with Crippen LogP contribution in [0.1, 0.15) is 6.92 Å². The molecular weight excluding hydrogens is 191 g/mol. The zero-order valence-electron chi connectivity index (χ0n) is 7.17. The lowest BCUT2D eigenvalue weighted by atomic mass is 10.5. The van der Waals surface area contributed by atoms with Gasteiger partial charge in [0.1, 0.15) is 11.1 Å². The number of hydrogen-bond donors (Lipinski definition) is 2. The molecule has 0 aromatic carbocycles. The maximum Gasteiger partial charge on any atom is 0.362 e. The minimum absolute atomic E-state index is 0.0294. The summed E-state index contributed by atoms with van der Waals surface area (Å²) in [5.41, 5.74) is 5.41. The van der Waals surface area contributed by atoms with Crippen molar-refractivity contribution in [3.8, 4) is 0 Å². The SMILES string of the molecule is CCOP(=O)(O)c1cccnc1N. The molecule has 1 aromatic heterocycles. The minimum atomic E-state index is -3.77. The molecule has 0 saturated heterocycles. The number of rotatable bonds is 3. The topological polar surface area (TPSA) is 85.4 Å². The molecule has 72 valence electrons. The number of aromatic nitrogens is 1. The van der Waals surface area contributed by atoms with Crippen LogP contribution in [0, 0.1) is 0 Å². The number of nitrogen functional groups attached to an aromatic ring is 1. The van der Waals surface area contributed by atoms with Gasteiger partial charge in [-0.2, -0.15) is 0 Å². The Morgan fingerprint density at radius 2 is 2.46 bits per heavy atom. The Labute approximate surface area is 76.1 Å². The van der Waals surface area contributed by atoms with Crippen molar-refractivity contribution >= 4 is 18.7 Å². The van der Waals surface area contributed by atoms with Gasteiger partial charge in [-0.1, -0.05) is 0 Å². The van der Waals surface area contributed by atoms with Crippen molar-refractivity contribution in [2.75, 3.05) is 12.3 Å². The third-order valence-electron chi connectivity index (χ3n) is 1.42. The number of anilines is 1. The molecule has 1 rings (SSSR count). The summed E-state index contributed by atoms with van der Waals surface area (Å²) in [6, 6.07) is 2.96. The van der Waals surface area contributed by atoms with E-state index < -0.39 is 7.60 Å². The molecule has 0 amide bonds. The lowest BCUT2D eigenvalue weighted by Gasteiger charge is -2.11. The van der Waals surface area contributed by atoms with Gasteiger partial charge in [0.2, 0.25) is 0 Å². The molecule has 0 aliphatic carbocycles. The highest BCUT2D eigenvalue weighted by molar-refractivity contribution is 7.61. The largest absolute Gasteiger partial charge is 0.383 e. The molecule has 0 bridgehead atoms. The van der Waals surface area contributed by atoms with E-state index >= 15 is 0 Å². The summed E-state index contributed by atoms with van der Waals surface area (Å²) in [7, 11) is -3.77. The second-order valence-corrected chi connectivity index (χ2v) is 4.13. The molecule has 0 radical (unpaired) electrons. The van der Waals surface area contributed by atoms with E-state index in [2.05, 4.69) is 9.51 Å². The quantitative estimate of drug-likeness (QED) is 0.697. The van der Waals surface area contributed by atoms with Crippen LogP contribution in [-0.2, 0) is 9.09 Å². The van der Waals surface area contributed by atoms with E-state index in [4.69, 9.17) is 5.73 Å². The lowest BCUT2D eigenvalue weighted by molar-refractivity contribution is 0.284. The van der Waals surface area contributed by atoms with Crippen LogP contribution in [-0.4, -0.2) is 16.5 Å². The molecular formula is C7H11N2O3P. The Hall–Kier alpha value is -0.900. The van der Waals surface area contributed by atoms with Crippen molar-refractivity contribution in [3.63, 3.8) is 0 Å². The summed E-state index contributed by atoms with van der Waals surface area (Å²) in [6.07, 6.45) is 1.45. The van der Waals surface area contributed by atoms with E-state index in [-0.39, 0.29) is 17.7 Å². The van der Waals surface area contributed by atoms with E-state index in [9.17, 15) is 9.46 Å². The normalized spacial score (nSPS) is 15.2. The summed E-state index contributed by atoms with van der Waals surface area (Å²) >= 11 is 0. The zero-order chi connectivity index (χ0) is 9.90. The highest BCUT2D eigenvalue weighted by atomic mass is 31.2. The minimum Gasteiger partial charge on any atom is -0.383 e. The van der Waals surface area contributed by atoms with Crippen LogP contribution in [0.15, 0.2) is 18.3 Å². The molecule has 0 aliphatic rings. The summed E-state index contributed by atoms with van der Waals surface area (Å²) < 4.78 is 16.1. The smallest absolute Gasteiger partial charge is 0.362 e. The average molecular weight is 202 g/mol. The second-order valence-electron chi connectivity index (χ2n) is 2.35. The summed E-state index contributed by atoms with van der Waals surface area (Å²) in [5.74, 6) is 0.0294. The third-order valence-corrected chi connectivity index (χ3v) is 3.02. The van der Waals surface area contributed by atoms with Crippen LogP contribution in [0.25, 0.3) is 0 Å². The van der Waals surface area contributed by atoms with Crippen LogP contribution in [0.2, 0.25) is 0 Å². The molecule has 0 saturated carbocycles. The Kier molecular flexibility index (Phi) is 3.03. The Morgan fingerprint density at radius 3 is 3.00 bits per heavy atom. The molecule has 5 nitrogen and oxygen atoms in total. The molecule has 6 heteroatoms. The lowest BCUT2D eigenvalue weighted by Crippen LogP contribution is -2.13. The predicted octanol–water partition coefficient (Wildman–Crippen LogP) is 0.511. The number of pyridine rings is 1. The molecule has 0 spiro atoms. The zero-order valence-corrected chi connectivity index (χ0v) is 8.07. The number of nitrogens with two attached hydrogens (primary N) is 1. The maximum absolute atomic E-state index is 11.4. The molecule has 1 aromatic rings. The van der Waals surface area contributed by atoms with Crippen molar-refractivity contribution in [3.05, 3.63) is 18.3 Å². The number of hydrogen-bond acceptors (Lipinski definition) is 4. The highest BCUT2D eigenvalue weighted by Crippen LogP contribution is 2.41. The average Bonchev–Trinajstić information content (AvgIpc) is 2.04. The first-order valence-electron chi connectivity index (χ1n) is 3.76. The Morgan fingerprint density at radius 1 is 1.77 bits per heavy atom. The third kappa shape index (κ3) is 2.28. The van der Waals surface area contributed by atoms with Crippen LogP contribution in [0.5, 0.6) is 0 Å². The first kappa shape index (κ1) is 10.2. The first-order valence-corrected chi connectivity index (χ1v) is 5.34. The van der Waals surface area contributed by atoms with Gasteiger partial charge in [0.05, 0.1) is 6.61 Å². The van der Waals surface area contributed by atoms with Crippen LogP contribution < -0.4 is 11.0 Å². The van der Waals surface area contributed by atoms with Gasteiger partial charge in [-0.25, -0.2) is 4.98 Å². The molecule has 3 N–H and O–H groups in total. The van der Waals surface area contributed by atoms with Crippen molar-refractivity contribution in [2.24, 2.45) is 0 Å².